The lowest BCUT2D eigenvalue weighted by atomic mass is 9.99. The van der Waals surface area contributed by atoms with Gasteiger partial charge in [-0.3, -0.25) is 10.1 Å². The van der Waals surface area contributed by atoms with Gasteiger partial charge in [-0.2, -0.15) is 0 Å². The summed E-state index contributed by atoms with van der Waals surface area (Å²) in [5.41, 5.74) is 0.000604. The minimum absolute atomic E-state index is 0.444. The Hall–Kier alpha value is -1.07. The Balaban J connectivity index is 2.85. The normalized spacial score (nSPS) is 14.0. The van der Waals surface area contributed by atoms with Gasteiger partial charge >= 0.3 is 5.97 Å². The van der Waals surface area contributed by atoms with Crippen molar-refractivity contribution in [3.63, 3.8) is 0 Å². The van der Waals surface area contributed by atoms with Crippen molar-refractivity contribution in [2.24, 2.45) is 0 Å². The number of hydrogen-bond donors (Lipinski definition) is 2. The molecule has 0 saturated carbocycles. The van der Waals surface area contributed by atoms with Crippen LogP contribution in [0.2, 0.25) is 0 Å². The van der Waals surface area contributed by atoms with Crippen LogP contribution in [0.4, 0.5) is 0 Å². The van der Waals surface area contributed by atoms with E-state index >= 15 is 0 Å². The van der Waals surface area contributed by atoms with Gasteiger partial charge in [0.25, 0.3) is 0 Å². The average Bonchev–Trinajstić information content (AvgIpc) is 2.35. The highest BCUT2D eigenvalue weighted by molar-refractivity contribution is 9.10. The van der Waals surface area contributed by atoms with Gasteiger partial charge in [0.1, 0.15) is 11.3 Å². The van der Waals surface area contributed by atoms with Gasteiger partial charge < -0.3 is 9.84 Å². The first-order chi connectivity index (χ1) is 8.42. The molecule has 5 heteroatoms. The molecule has 0 amide bonds. The lowest BCUT2D eigenvalue weighted by Crippen LogP contribution is -2.48. The second kappa shape index (κ2) is 6.20. The van der Waals surface area contributed by atoms with Gasteiger partial charge in [0.05, 0.1) is 7.11 Å². The minimum atomic E-state index is -0.923. The molecule has 0 spiro atoms. The summed E-state index contributed by atoms with van der Waals surface area (Å²) < 4.78 is 6.19. The van der Waals surface area contributed by atoms with Gasteiger partial charge in [-0.25, -0.2) is 0 Å². The number of hydrogen-bond acceptors (Lipinski definition) is 3. The Bertz CT molecular complexity index is 436. The molecule has 0 aliphatic rings. The second-order valence-corrected chi connectivity index (χ2v) is 5.22. The molecule has 1 rings (SSSR count). The highest BCUT2D eigenvalue weighted by atomic mass is 79.9. The maximum Gasteiger partial charge on any atom is 0.323 e. The number of aliphatic carboxylic acids is 1. The fourth-order valence-electron chi connectivity index (χ4n) is 1.53. The number of ether oxygens (including phenoxy) is 1. The van der Waals surface area contributed by atoms with Gasteiger partial charge in [0.2, 0.25) is 0 Å². The summed E-state index contributed by atoms with van der Waals surface area (Å²) in [6.45, 7) is 3.97. The predicted octanol–water partition coefficient (Wildman–Crippen LogP) is 2.80. The number of halogens is 1. The fraction of sp³-hybridized carbons (Fsp3) is 0.462. The van der Waals surface area contributed by atoms with Crippen LogP contribution in [0.1, 0.15) is 25.8 Å². The standard InChI is InChI=1S/C13H18BrNO3/c1-4-13(2,12(16)17)15-8-9-7-10(14)5-6-11(9)18-3/h5-7,15H,4,8H2,1-3H3,(H,16,17). The molecule has 0 aromatic heterocycles. The zero-order valence-electron chi connectivity index (χ0n) is 10.8. The number of carboxylic acids is 1. The first-order valence-corrected chi connectivity index (χ1v) is 6.53. The summed E-state index contributed by atoms with van der Waals surface area (Å²) >= 11 is 3.39. The molecular formula is C13H18BrNO3. The van der Waals surface area contributed by atoms with Crippen molar-refractivity contribution in [3.8, 4) is 5.75 Å². The summed E-state index contributed by atoms with van der Waals surface area (Å²) in [7, 11) is 1.60. The van der Waals surface area contributed by atoms with Gasteiger partial charge in [-0.05, 0) is 31.5 Å². The SMILES string of the molecule is CCC(C)(NCc1cc(Br)ccc1OC)C(=O)O. The van der Waals surface area contributed by atoms with Crippen molar-refractivity contribution in [1.29, 1.82) is 0 Å². The van der Waals surface area contributed by atoms with E-state index < -0.39 is 11.5 Å². The van der Waals surface area contributed by atoms with Gasteiger partial charge in [0.15, 0.2) is 0 Å². The zero-order valence-corrected chi connectivity index (χ0v) is 12.4. The molecule has 1 aromatic rings. The van der Waals surface area contributed by atoms with Crippen molar-refractivity contribution < 1.29 is 14.6 Å². The summed E-state index contributed by atoms with van der Waals surface area (Å²) in [4.78, 5) is 11.2. The van der Waals surface area contributed by atoms with Crippen molar-refractivity contribution in [1.82, 2.24) is 5.32 Å². The van der Waals surface area contributed by atoms with Gasteiger partial charge in [0, 0.05) is 16.6 Å². The molecule has 0 radical (unpaired) electrons. The third-order valence-electron chi connectivity index (χ3n) is 3.09. The smallest absolute Gasteiger partial charge is 0.323 e. The van der Waals surface area contributed by atoms with E-state index in [-0.39, 0.29) is 0 Å². The van der Waals surface area contributed by atoms with E-state index in [0.29, 0.717) is 13.0 Å². The van der Waals surface area contributed by atoms with Crippen molar-refractivity contribution in [2.45, 2.75) is 32.4 Å². The molecule has 1 aromatic carbocycles. The Kier molecular flexibility index (Phi) is 5.16. The number of nitrogens with one attached hydrogen (secondary N) is 1. The van der Waals surface area contributed by atoms with Crippen LogP contribution in [0.25, 0.3) is 0 Å². The van der Waals surface area contributed by atoms with E-state index in [4.69, 9.17) is 4.74 Å². The van der Waals surface area contributed by atoms with Gasteiger partial charge in [-0.1, -0.05) is 22.9 Å². The van der Waals surface area contributed by atoms with Crippen LogP contribution < -0.4 is 10.1 Å². The van der Waals surface area contributed by atoms with Crippen LogP contribution in [-0.2, 0) is 11.3 Å². The number of benzene rings is 1. The maximum atomic E-state index is 11.2. The molecular weight excluding hydrogens is 298 g/mol. The topological polar surface area (TPSA) is 58.6 Å². The fourth-order valence-corrected chi connectivity index (χ4v) is 1.94. The van der Waals surface area contributed by atoms with Crippen LogP contribution in [0.3, 0.4) is 0 Å². The number of carboxylic acid groups (broad SMARTS) is 1. The van der Waals surface area contributed by atoms with E-state index in [1.165, 1.54) is 0 Å². The van der Waals surface area contributed by atoms with Gasteiger partial charge in [-0.15, -0.1) is 0 Å². The summed E-state index contributed by atoms with van der Waals surface area (Å²) in [6.07, 6.45) is 0.513. The predicted molar refractivity (Wildman–Crippen MR) is 73.9 cm³/mol. The lowest BCUT2D eigenvalue weighted by Gasteiger charge is -2.25. The molecule has 18 heavy (non-hydrogen) atoms. The zero-order chi connectivity index (χ0) is 13.8. The Morgan fingerprint density at radius 1 is 1.56 bits per heavy atom. The molecule has 0 bridgehead atoms. The molecule has 0 saturated heterocycles. The van der Waals surface area contributed by atoms with E-state index in [0.717, 1.165) is 15.8 Å². The van der Waals surface area contributed by atoms with Crippen LogP contribution >= 0.6 is 15.9 Å². The monoisotopic (exact) mass is 315 g/mol. The summed E-state index contributed by atoms with van der Waals surface area (Å²) in [5.74, 6) is -0.103. The van der Waals surface area contributed by atoms with E-state index in [9.17, 15) is 9.90 Å². The third kappa shape index (κ3) is 3.46. The molecule has 100 valence electrons. The van der Waals surface area contributed by atoms with Crippen LogP contribution in [0, 0.1) is 0 Å². The molecule has 0 fully saturated rings. The first kappa shape index (κ1) is 15.0. The van der Waals surface area contributed by atoms with Crippen LogP contribution in [0.15, 0.2) is 22.7 Å². The minimum Gasteiger partial charge on any atom is -0.496 e. The molecule has 0 aliphatic heterocycles. The van der Waals surface area contributed by atoms with E-state index in [1.807, 2.05) is 25.1 Å². The molecule has 1 atom stereocenters. The third-order valence-corrected chi connectivity index (χ3v) is 3.58. The van der Waals surface area contributed by atoms with Crippen molar-refractivity contribution >= 4 is 21.9 Å². The number of carbonyl (C=O) groups is 1. The van der Waals surface area contributed by atoms with Crippen LogP contribution in [-0.4, -0.2) is 23.7 Å². The highest BCUT2D eigenvalue weighted by Gasteiger charge is 2.30. The molecule has 4 nitrogen and oxygen atoms in total. The second-order valence-electron chi connectivity index (χ2n) is 4.30. The average molecular weight is 316 g/mol. The van der Waals surface area contributed by atoms with Crippen molar-refractivity contribution in [3.05, 3.63) is 28.2 Å². The Morgan fingerprint density at radius 2 is 2.22 bits per heavy atom. The largest absolute Gasteiger partial charge is 0.496 e. The Morgan fingerprint density at radius 3 is 2.72 bits per heavy atom. The summed E-state index contributed by atoms with van der Waals surface area (Å²) in [6, 6.07) is 5.66. The first-order valence-electron chi connectivity index (χ1n) is 5.73. The number of rotatable bonds is 6. The number of methoxy groups -OCH3 is 1. The summed E-state index contributed by atoms with van der Waals surface area (Å²) in [5, 5.41) is 12.3. The van der Waals surface area contributed by atoms with E-state index in [1.54, 1.807) is 14.0 Å². The highest BCUT2D eigenvalue weighted by Crippen LogP contribution is 2.23. The molecule has 1 unspecified atom stereocenters. The molecule has 0 heterocycles. The van der Waals surface area contributed by atoms with E-state index in [2.05, 4.69) is 21.2 Å². The quantitative estimate of drug-likeness (QED) is 0.847. The van der Waals surface area contributed by atoms with Crippen molar-refractivity contribution in [2.75, 3.05) is 7.11 Å². The molecule has 0 aliphatic carbocycles. The Labute approximate surface area is 115 Å². The molecule has 2 N–H and O–H groups in total. The lowest BCUT2D eigenvalue weighted by molar-refractivity contribution is -0.144. The van der Waals surface area contributed by atoms with Crippen LogP contribution in [0.5, 0.6) is 5.75 Å². The maximum absolute atomic E-state index is 11.2.